The summed E-state index contributed by atoms with van der Waals surface area (Å²) >= 11 is 0. The Bertz CT molecular complexity index is 254. The average Bonchev–Trinajstić information content (AvgIpc) is 2.30. The first-order valence-electron chi connectivity index (χ1n) is 7.59. The summed E-state index contributed by atoms with van der Waals surface area (Å²) in [5.41, 5.74) is 0.553. The van der Waals surface area contributed by atoms with E-state index in [1.165, 1.54) is 51.6 Å². The van der Waals surface area contributed by atoms with Crippen molar-refractivity contribution in [3.05, 3.63) is 0 Å². The summed E-state index contributed by atoms with van der Waals surface area (Å²) in [6.45, 7) is 4.99. The van der Waals surface area contributed by atoms with E-state index in [0.29, 0.717) is 5.41 Å². The fourth-order valence-corrected chi connectivity index (χ4v) is 4.32. The molecule has 3 fully saturated rings. The van der Waals surface area contributed by atoms with Crippen LogP contribution in [0.5, 0.6) is 0 Å². The van der Waals surface area contributed by atoms with Gasteiger partial charge < -0.3 is 10.0 Å². The number of piperidine rings is 1. The summed E-state index contributed by atoms with van der Waals surface area (Å²) in [4.78, 5) is 2.75. The van der Waals surface area contributed by atoms with E-state index >= 15 is 0 Å². The maximum absolute atomic E-state index is 9.50. The zero-order valence-electron chi connectivity index (χ0n) is 11.2. The molecule has 2 aliphatic carbocycles. The Kier molecular flexibility index (Phi) is 3.20. The van der Waals surface area contributed by atoms with E-state index in [2.05, 4.69) is 11.8 Å². The fourth-order valence-electron chi connectivity index (χ4n) is 4.32. The van der Waals surface area contributed by atoms with Crippen molar-refractivity contribution in [3.8, 4) is 0 Å². The van der Waals surface area contributed by atoms with Crippen LogP contribution in [0, 0.1) is 11.3 Å². The third kappa shape index (κ3) is 2.39. The van der Waals surface area contributed by atoms with Crippen molar-refractivity contribution in [3.63, 3.8) is 0 Å². The monoisotopic (exact) mass is 237 g/mol. The lowest BCUT2D eigenvalue weighted by Gasteiger charge is -2.52. The molecule has 0 aromatic carbocycles. The third-order valence-electron chi connectivity index (χ3n) is 5.70. The summed E-state index contributed by atoms with van der Waals surface area (Å²) in [5.74, 6) is 0.962. The van der Waals surface area contributed by atoms with Gasteiger partial charge in [-0.3, -0.25) is 0 Å². The quantitative estimate of drug-likeness (QED) is 0.758. The molecule has 1 N–H and O–H groups in total. The number of aliphatic hydroxyl groups is 1. The molecule has 2 heteroatoms. The first-order valence-corrected chi connectivity index (χ1v) is 7.59. The lowest BCUT2D eigenvalue weighted by molar-refractivity contribution is -0.0757. The molecule has 0 aromatic rings. The minimum Gasteiger partial charge on any atom is -0.393 e. The number of hydrogen-bond donors (Lipinski definition) is 1. The van der Waals surface area contributed by atoms with Crippen LogP contribution in [0.4, 0.5) is 0 Å². The van der Waals surface area contributed by atoms with Crippen LogP contribution in [0.25, 0.3) is 0 Å². The van der Waals surface area contributed by atoms with Crippen molar-refractivity contribution in [2.75, 3.05) is 13.1 Å². The van der Waals surface area contributed by atoms with Gasteiger partial charge in [-0.2, -0.15) is 0 Å². The standard InChI is InChI=1S/C15H27NO/c1-12-2-4-13(5-3-12)16-8-6-15(7-9-16)10-14(17)11-15/h12-14,17H,2-11H2,1H3. The molecule has 0 aromatic heterocycles. The summed E-state index contributed by atoms with van der Waals surface area (Å²) < 4.78 is 0. The second kappa shape index (κ2) is 4.55. The third-order valence-corrected chi connectivity index (χ3v) is 5.70. The van der Waals surface area contributed by atoms with E-state index in [4.69, 9.17) is 0 Å². The largest absolute Gasteiger partial charge is 0.393 e. The summed E-state index contributed by atoms with van der Waals surface area (Å²) in [5, 5.41) is 9.50. The molecule has 17 heavy (non-hydrogen) atoms. The summed E-state index contributed by atoms with van der Waals surface area (Å²) in [6.07, 6.45) is 10.6. The fraction of sp³-hybridized carbons (Fsp3) is 1.00. The highest BCUT2D eigenvalue weighted by molar-refractivity contribution is 4.98. The molecule has 3 rings (SSSR count). The van der Waals surface area contributed by atoms with Crippen LogP contribution in [0.2, 0.25) is 0 Å². The van der Waals surface area contributed by atoms with Gasteiger partial charge in [-0.25, -0.2) is 0 Å². The predicted molar refractivity (Wildman–Crippen MR) is 69.9 cm³/mol. The molecule has 1 aliphatic heterocycles. The Morgan fingerprint density at radius 3 is 2.12 bits per heavy atom. The van der Waals surface area contributed by atoms with Crippen molar-refractivity contribution in [2.45, 2.75) is 70.4 Å². The second-order valence-electron chi connectivity index (χ2n) is 7.01. The normalized spacial score (nSPS) is 39.2. The molecule has 98 valence electrons. The number of aliphatic hydroxyl groups excluding tert-OH is 1. The van der Waals surface area contributed by atoms with E-state index < -0.39 is 0 Å². The van der Waals surface area contributed by atoms with Gasteiger partial charge in [-0.15, -0.1) is 0 Å². The molecular formula is C15H27NO. The van der Waals surface area contributed by atoms with Crippen LogP contribution in [-0.2, 0) is 0 Å². The highest BCUT2D eigenvalue weighted by Crippen LogP contribution is 2.49. The van der Waals surface area contributed by atoms with Gasteiger partial charge in [0, 0.05) is 6.04 Å². The first kappa shape index (κ1) is 12.0. The predicted octanol–water partition coefficient (Wildman–Crippen LogP) is 2.80. The number of hydrogen-bond acceptors (Lipinski definition) is 2. The van der Waals surface area contributed by atoms with E-state index in [-0.39, 0.29) is 6.10 Å². The van der Waals surface area contributed by atoms with Crippen molar-refractivity contribution in [2.24, 2.45) is 11.3 Å². The topological polar surface area (TPSA) is 23.5 Å². The minimum absolute atomic E-state index is 0.0251. The number of likely N-dealkylation sites (tertiary alicyclic amines) is 1. The molecule has 0 bridgehead atoms. The Hall–Kier alpha value is -0.0800. The molecule has 1 saturated heterocycles. The molecule has 2 saturated carbocycles. The summed E-state index contributed by atoms with van der Waals surface area (Å²) in [6, 6.07) is 0.883. The van der Waals surface area contributed by atoms with Gasteiger partial charge in [0.15, 0.2) is 0 Å². The SMILES string of the molecule is CC1CCC(N2CCC3(CC2)CC(O)C3)CC1. The molecule has 1 spiro atoms. The molecular weight excluding hydrogens is 210 g/mol. The lowest BCUT2D eigenvalue weighted by atomic mass is 9.61. The molecule has 3 aliphatic rings. The molecule has 2 nitrogen and oxygen atoms in total. The smallest absolute Gasteiger partial charge is 0.0550 e. The van der Waals surface area contributed by atoms with Crippen molar-refractivity contribution >= 4 is 0 Å². The highest BCUT2D eigenvalue weighted by Gasteiger charge is 2.45. The van der Waals surface area contributed by atoms with Crippen molar-refractivity contribution < 1.29 is 5.11 Å². The Morgan fingerprint density at radius 2 is 1.59 bits per heavy atom. The summed E-state index contributed by atoms with van der Waals surface area (Å²) in [7, 11) is 0. The Balaban J connectivity index is 1.48. The van der Waals surface area contributed by atoms with Gasteiger partial charge >= 0.3 is 0 Å². The Labute approximate surface area is 105 Å². The second-order valence-corrected chi connectivity index (χ2v) is 7.01. The van der Waals surface area contributed by atoms with Gasteiger partial charge in [0.25, 0.3) is 0 Å². The van der Waals surface area contributed by atoms with Gasteiger partial charge in [0.1, 0.15) is 0 Å². The molecule has 0 amide bonds. The van der Waals surface area contributed by atoms with Crippen molar-refractivity contribution in [1.29, 1.82) is 0 Å². The van der Waals surface area contributed by atoms with Crippen LogP contribution in [0.3, 0.4) is 0 Å². The van der Waals surface area contributed by atoms with Gasteiger partial charge in [-0.1, -0.05) is 6.92 Å². The maximum atomic E-state index is 9.50. The molecule has 0 atom stereocenters. The first-order chi connectivity index (χ1) is 8.17. The Morgan fingerprint density at radius 1 is 1.00 bits per heavy atom. The van der Waals surface area contributed by atoms with Gasteiger partial charge in [0.2, 0.25) is 0 Å². The van der Waals surface area contributed by atoms with Gasteiger partial charge in [0.05, 0.1) is 6.10 Å². The average molecular weight is 237 g/mol. The molecule has 0 radical (unpaired) electrons. The van der Waals surface area contributed by atoms with Crippen LogP contribution < -0.4 is 0 Å². The van der Waals surface area contributed by atoms with Crippen LogP contribution in [-0.4, -0.2) is 35.2 Å². The zero-order valence-corrected chi connectivity index (χ0v) is 11.2. The van der Waals surface area contributed by atoms with Crippen LogP contribution in [0.1, 0.15) is 58.3 Å². The van der Waals surface area contributed by atoms with Crippen LogP contribution >= 0.6 is 0 Å². The van der Waals surface area contributed by atoms with E-state index in [1.807, 2.05) is 0 Å². The van der Waals surface area contributed by atoms with E-state index in [1.54, 1.807) is 0 Å². The molecule has 0 unspecified atom stereocenters. The van der Waals surface area contributed by atoms with Crippen molar-refractivity contribution in [1.82, 2.24) is 4.90 Å². The zero-order chi connectivity index (χ0) is 11.9. The highest BCUT2D eigenvalue weighted by atomic mass is 16.3. The number of nitrogens with zero attached hydrogens (tertiary/aromatic N) is 1. The van der Waals surface area contributed by atoms with Crippen LogP contribution in [0.15, 0.2) is 0 Å². The molecule has 1 heterocycles. The van der Waals surface area contributed by atoms with E-state index in [9.17, 15) is 5.11 Å². The van der Waals surface area contributed by atoms with E-state index in [0.717, 1.165) is 24.8 Å². The van der Waals surface area contributed by atoms with Gasteiger partial charge in [-0.05, 0) is 75.8 Å². The minimum atomic E-state index is 0.0251. The number of rotatable bonds is 1. The lowest BCUT2D eigenvalue weighted by Crippen LogP contribution is -2.51. The maximum Gasteiger partial charge on any atom is 0.0550 e.